The SMILES string of the molecule is O=S([O-])[NH2+][O-]. The molecule has 32 valence electrons. The molecule has 1 unspecified atom stereocenters. The summed E-state index contributed by atoms with van der Waals surface area (Å²) in [6.45, 7) is 0. The van der Waals surface area contributed by atoms with Crippen LogP contribution in [0.5, 0.6) is 0 Å². The number of hydrogen-bond acceptors (Lipinski definition) is 3. The van der Waals surface area contributed by atoms with Gasteiger partial charge in [0.1, 0.15) is 11.3 Å². The zero-order valence-electron chi connectivity index (χ0n) is 2.21. The van der Waals surface area contributed by atoms with Crippen LogP contribution in [0.2, 0.25) is 0 Å². The van der Waals surface area contributed by atoms with E-state index >= 15 is 0 Å². The lowest BCUT2D eigenvalue weighted by atomic mass is 13.5. The van der Waals surface area contributed by atoms with E-state index in [9.17, 15) is 0 Å². The van der Waals surface area contributed by atoms with Gasteiger partial charge in [0.15, 0.2) is 0 Å². The molecular formula is H2NO3S-. The summed E-state index contributed by atoms with van der Waals surface area (Å²) >= 11 is -2.50. The van der Waals surface area contributed by atoms with Crippen molar-refractivity contribution in [3.8, 4) is 0 Å². The zero-order chi connectivity index (χ0) is 4.28. The molecule has 0 saturated carbocycles. The van der Waals surface area contributed by atoms with E-state index in [1.54, 1.807) is 0 Å². The number of hydrogen-bond donors (Lipinski definition) is 1. The van der Waals surface area contributed by atoms with E-state index in [2.05, 4.69) is 0 Å². The van der Waals surface area contributed by atoms with Gasteiger partial charge in [-0.1, -0.05) is 0 Å². The van der Waals surface area contributed by atoms with E-state index in [0.29, 0.717) is 0 Å². The smallest absolute Gasteiger partial charge is 0.145 e. The molecular weight excluding hydrogens is 94.1 g/mol. The van der Waals surface area contributed by atoms with Gasteiger partial charge in [0.05, 0.1) is 0 Å². The van der Waals surface area contributed by atoms with Crippen LogP contribution in [0.3, 0.4) is 0 Å². The molecule has 0 aliphatic rings. The fraction of sp³-hybridized carbons (Fsp3) is 0. The predicted molar refractivity (Wildman–Crippen MR) is 14.2 cm³/mol. The summed E-state index contributed by atoms with van der Waals surface area (Å²) in [4.78, 5) is -0.167. The van der Waals surface area contributed by atoms with Gasteiger partial charge < -0.3 is 14.6 Å². The van der Waals surface area contributed by atoms with E-state index in [0.717, 1.165) is 0 Å². The molecule has 0 saturated heterocycles. The van der Waals surface area contributed by atoms with Crippen molar-refractivity contribution in [2.45, 2.75) is 0 Å². The van der Waals surface area contributed by atoms with Crippen molar-refractivity contribution in [3.05, 3.63) is 5.21 Å². The fourth-order valence-electron chi connectivity index (χ4n) is 0. The molecule has 2 N–H and O–H groups in total. The van der Waals surface area contributed by atoms with E-state index in [-0.39, 0.29) is 4.89 Å². The van der Waals surface area contributed by atoms with Gasteiger partial charge in [0.25, 0.3) is 0 Å². The Hall–Kier alpha value is 0.0300. The van der Waals surface area contributed by atoms with Gasteiger partial charge in [-0.05, 0) is 0 Å². The topological polar surface area (TPSA) is 79.8 Å². The molecule has 0 rings (SSSR count). The van der Waals surface area contributed by atoms with Gasteiger partial charge >= 0.3 is 0 Å². The fourth-order valence-corrected chi connectivity index (χ4v) is 0. The van der Waals surface area contributed by atoms with Gasteiger partial charge in [-0.15, -0.1) is 0 Å². The highest BCUT2D eigenvalue weighted by molar-refractivity contribution is 7.71. The largest absolute Gasteiger partial charge is 0.724 e. The highest BCUT2D eigenvalue weighted by Gasteiger charge is 1.57. The normalized spacial score (nSPS) is 14.8. The summed E-state index contributed by atoms with van der Waals surface area (Å²) in [5, 5.41) is 8.89. The van der Waals surface area contributed by atoms with Crippen molar-refractivity contribution in [2.75, 3.05) is 0 Å². The average Bonchev–Trinajstić information content (AvgIpc) is 1.38. The van der Waals surface area contributed by atoms with E-state index in [4.69, 9.17) is 14.0 Å². The first-order valence-corrected chi connectivity index (χ1v) is 1.94. The molecule has 4 nitrogen and oxygen atoms in total. The molecule has 0 heterocycles. The van der Waals surface area contributed by atoms with Crippen LogP contribution in [0.15, 0.2) is 0 Å². The minimum Gasteiger partial charge on any atom is -0.724 e. The second-order valence-corrected chi connectivity index (χ2v) is 1.07. The molecule has 0 radical (unpaired) electrons. The quantitative estimate of drug-likeness (QED) is 0.298. The van der Waals surface area contributed by atoms with Gasteiger partial charge in [0, 0.05) is 0 Å². The molecule has 0 aromatic heterocycles. The van der Waals surface area contributed by atoms with Crippen molar-refractivity contribution >= 4 is 11.3 Å². The molecule has 0 aliphatic carbocycles. The maximum Gasteiger partial charge on any atom is 0.145 e. The molecule has 0 spiro atoms. The van der Waals surface area contributed by atoms with Crippen molar-refractivity contribution in [1.82, 2.24) is 0 Å². The first-order valence-electron chi connectivity index (χ1n) is 0.805. The van der Waals surface area contributed by atoms with Crippen LogP contribution in [-0.4, -0.2) is 8.76 Å². The zero-order valence-corrected chi connectivity index (χ0v) is 3.03. The van der Waals surface area contributed by atoms with Gasteiger partial charge in [-0.2, -0.15) is 0 Å². The first-order chi connectivity index (χ1) is 2.27. The molecule has 0 fully saturated rings. The summed E-state index contributed by atoms with van der Waals surface area (Å²) < 4.78 is 18.0. The molecule has 0 aliphatic heterocycles. The van der Waals surface area contributed by atoms with Crippen molar-refractivity contribution < 1.29 is 13.6 Å². The first kappa shape index (κ1) is 5.03. The third-order valence-corrected chi connectivity index (χ3v) is 0.236. The lowest BCUT2D eigenvalue weighted by Crippen LogP contribution is -2.77. The second-order valence-electron chi connectivity index (χ2n) is 0.357. The third-order valence-electron chi connectivity index (χ3n) is 0.0786. The number of rotatable bonds is 1. The standard InChI is InChI=1S/H3NO3S/c2-1-5(3)4/h1H2,(H,3,4)/p-1. The maximum absolute atomic E-state index is 9.00. The van der Waals surface area contributed by atoms with Crippen LogP contribution in [0.4, 0.5) is 0 Å². The Kier molecular flexibility index (Phi) is 2.29. The summed E-state index contributed by atoms with van der Waals surface area (Å²) in [6.07, 6.45) is 0. The highest BCUT2D eigenvalue weighted by Crippen LogP contribution is 1.31. The maximum atomic E-state index is 9.00. The number of quaternary nitrogens is 1. The molecule has 1 atom stereocenters. The Morgan fingerprint density at radius 2 is 2.00 bits per heavy atom. The van der Waals surface area contributed by atoms with Crippen molar-refractivity contribution in [2.24, 2.45) is 0 Å². The highest BCUT2D eigenvalue weighted by atomic mass is 32.2. The molecule has 0 bridgehead atoms. The predicted octanol–water partition coefficient (Wildman–Crippen LogP) is -2.16. The Bertz CT molecular complexity index is 42.2. The van der Waals surface area contributed by atoms with Crippen LogP contribution in [-0.2, 0) is 11.3 Å². The van der Waals surface area contributed by atoms with Gasteiger partial charge in [0.2, 0.25) is 0 Å². The van der Waals surface area contributed by atoms with Crippen molar-refractivity contribution in [3.63, 3.8) is 0 Å². The van der Waals surface area contributed by atoms with Crippen LogP contribution >= 0.6 is 0 Å². The molecule has 0 amide bonds. The molecule has 0 aromatic rings. The Morgan fingerprint density at radius 1 is 1.80 bits per heavy atom. The lowest BCUT2D eigenvalue weighted by molar-refractivity contribution is -0.417. The van der Waals surface area contributed by atoms with E-state index in [1.165, 1.54) is 0 Å². The van der Waals surface area contributed by atoms with Gasteiger partial charge in [-0.25, -0.2) is 4.21 Å². The van der Waals surface area contributed by atoms with Crippen LogP contribution in [0, 0.1) is 5.21 Å². The monoisotopic (exact) mass is 96.0 g/mol. The molecule has 5 heavy (non-hydrogen) atoms. The van der Waals surface area contributed by atoms with E-state index < -0.39 is 11.3 Å². The average molecular weight is 96.1 g/mol. The van der Waals surface area contributed by atoms with Crippen LogP contribution < -0.4 is 4.89 Å². The van der Waals surface area contributed by atoms with Gasteiger partial charge in [-0.3, -0.25) is 0 Å². The Balaban J connectivity index is 2.85. The molecule has 0 aromatic carbocycles. The molecule has 5 heteroatoms. The minimum absolute atomic E-state index is 0.167. The summed E-state index contributed by atoms with van der Waals surface area (Å²) in [7, 11) is 0. The summed E-state index contributed by atoms with van der Waals surface area (Å²) in [6, 6.07) is 0. The number of nitrogens with two attached hydrogens (primary N) is 1. The minimum atomic E-state index is -2.50. The van der Waals surface area contributed by atoms with Crippen LogP contribution in [0.25, 0.3) is 0 Å². The summed E-state index contributed by atoms with van der Waals surface area (Å²) in [5.41, 5.74) is 0. The van der Waals surface area contributed by atoms with Crippen LogP contribution in [0.1, 0.15) is 0 Å². The Morgan fingerprint density at radius 3 is 2.00 bits per heavy atom. The Labute approximate surface area is 31.2 Å². The second kappa shape index (κ2) is 2.28. The van der Waals surface area contributed by atoms with Crippen molar-refractivity contribution in [1.29, 1.82) is 0 Å². The van der Waals surface area contributed by atoms with E-state index in [1.807, 2.05) is 0 Å². The lowest BCUT2D eigenvalue weighted by Gasteiger charge is -1.99. The third kappa shape index (κ3) is 4.03. The summed E-state index contributed by atoms with van der Waals surface area (Å²) in [5.74, 6) is 0.